The molecule has 0 aliphatic carbocycles. The summed E-state index contributed by atoms with van der Waals surface area (Å²) in [5, 5.41) is 6.24. The highest BCUT2D eigenvalue weighted by Crippen LogP contribution is 2.29. The van der Waals surface area contributed by atoms with Crippen LogP contribution in [0.1, 0.15) is 45.7 Å². The molecule has 0 bridgehead atoms. The maximum absolute atomic E-state index is 12.7. The van der Waals surface area contributed by atoms with E-state index in [1.165, 1.54) is 6.42 Å². The number of nitrogens with one attached hydrogen (secondary N) is 2. The number of benzene rings is 1. The molecule has 2 N–H and O–H groups in total. The Kier molecular flexibility index (Phi) is 4.98. The summed E-state index contributed by atoms with van der Waals surface area (Å²) in [5.41, 5.74) is 6.62. The van der Waals surface area contributed by atoms with Gasteiger partial charge in [0.2, 0.25) is 0 Å². The van der Waals surface area contributed by atoms with Crippen molar-refractivity contribution in [2.45, 2.75) is 25.8 Å². The zero-order valence-corrected chi connectivity index (χ0v) is 18.6. The average Bonchev–Trinajstić information content (AvgIpc) is 3.52. The van der Waals surface area contributed by atoms with Crippen LogP contribution in [0.2, 0.25) is 0 Å². The van der Waals surface area contributed by atoms with Crippen molar-refractivity contribution in [3.05, 3.63) is 77.9 Å². The van der Waals surface area contributed by atoms with E-state index in [0.717, 1.165) is 65.3 Å². The quantitative estimate of drug-likeness (QED) is 0.488. The molecular formula is C26H24N6O2. The van der Waals surface area contributed by atoms with E-state index < -0.39 is 0 Å². The molecule has 34 heavy (non-hydrogen) atoms. The minimum absolute atomic E-state index is 0.00232. The summed E-state index contributed by atoms with van der Waals surface area (Å²) >= 11 is 0. The summed E-state index contributed by atoms with van der Waals surface area (Å²) < 4.78 is 2.02. The lowest BCUT2D eigenvalue weighted by atomic mass is 10.0. The molecule has 1 saturated heterocycles. The lowest BCUT2D eigenvalue weighted by Gasteiger charge is -2.26. The van der Waals surface area contributed by atoms with Crippen molar-refractivity contribution in [3.8, 4) is 11.3 Å². The first-order chi connectivity index (χ1) is 16.7. The molecule has 0 spiro atoms. The Morgan fingerprint density at radius 3 is 2.71 bits per heavy atom. The van der Waals surface area contributed by atoms with Gasteiger partial charge in [-0.15, -0.1) is 0 Å². The number of rotatable bonds is 4. The minimum Gasteiger partial charge on any atom is -0.351 e. The average molecular weight is 453 g/mol. The molecule has 1 fully saturated rings. The van der Waals surface area contributed by atoms with E-state index in [2.05, 4.69) is 26.7 Å². The predicted molar refractivity (Wildman–Crippen MR) is 129 cm³/mol. The highest BCUT2D eigenvalue weighted by Gasteiger charge is 2.21. The van der Waals surface area contributed by atoms with Crippen molar-refractivity contribution in [1.29, 1.82) is 0 Å². The summed E-state index contributed by atoms with van der Waals surface area (Å²) in [4.78, 5) is 35.4. The maximum Gasteiger partial charge on any atom is 0.272 e. The van der Waals surface area contributed by atoms with Crippen molar-refractivity contribution in [2.24, 2.45) is 0 Å². The molecule has 8 heteroatoms. The first-order valence-electron chi connectivity index (χ1n) is 11.6. The monoisotopic (exact) mass is 452 g/mol. The van der Waals surface area contributed by atoms with E-state index in [0.29, 0.717) is 12.2 Å². The Morgan fingerprint density at radius 2 is 1.88 bits per heavy atom. The zero-order valence-electron chi connectivity index (χ0n) is 18.6. The third-order valence-corrected chi connectivity index (χ3v) is 6.54. The highest BCUT2D eigenvalue weighted by molar-refractivity contribution is 5.99. The minimum atomic E-state index is -0.0221. The van der Waals surface area contributed by atoms with Crippen LogP contribution in [-0.2, 0) is 6.54 Å². The van der Waals surface area contributed by atoms with Crippen LogP contribution in [0, 0.1) is 0 Å². The van der Waals surface area contributed by atoms with Gasteiger partial charge in [-0.2, -0.15) is 0 Å². The van der Waals surface area contributed by atoms with Gasteiger partial charge in [0.1, 0.15) is 5.69 Å². The van der Waals surface area contributed by atoms with Gasteiger partial charge in [0.05, 0.1) is 23.3 Å². The first kappa shape index (κ1) is 20.4. The molecule has 2 aliphatic rings. The molecule has 0 unspecified atom stereocenters. The molecule has 0 saturated carbocycles. The molecule has 0 atom stereocenters. The number of pyridine rings is 2. The molecule has 2 amide bonds. The number of nitrogens with zero attached hydrogens (tertiary/aromatic N) is 4. The highest BCUT2D eigenvalue weighted by atomic mass is 16.2. The van der Waals surface area contributed by atoms with Gasteiger partial charge < -0.3 is 15.5 Å². The number of carbonyl (C=O) groups is 2. The number of carbonyl (C=O) groups excluding carboxylic acids is 2. The van der Waals surface area contributed by atoms with Gasteiger partial charge in [0, 0.05) is 37.6 Å². The fourth-order valence-electron chi connectivity index (χ4n) is 4.75. The molecule has 5 heterocycles. The van der Waals surface area contributed by atoms with Crippen LogP contribution >= 0.6 is 0 Å². The fourth-order valence-corrected chi connectivity index (χ4v) is 4.75. The predicted octanol–water partition coefficient (Wildman–Crippen LogP) is 4.01. The largest absolute Gasteiger partial charge is 0.351 e. The van der Waals surface area contributed by atoms with Crippen LogP contribution in [0.25, 0.3) is 16.9 Å². The molecule has 6 rings (SSSR count). The van der Waals surface area contributed by atoms with E-state index in [1.54, 1.807) is 18.5 Å². The van der Waals surface area contributed by atoms with E-state index in [9.17, 15) is 9.59 Å². The third-order valence-electron chi connectivity index (χ3n) is 6.54. The number of hydrogen-bond acceptors (Lipinski definition) is 5. The van der Waals surface area contributed by atoms with Gasteiger partial charge >= 0.3 is 0 Å². The van der Waals surface area contributed by atoms with Gasteiger partial charge in [0.15, 0.2) is 5.65 Å². The second kappa shape index (κ2) is 8.30. The van der Waals surface area contributed by atoms with Crippen LogP contribution in [0.15, 0.2) is 61.1 Å². The summed E-state index contributed by atoms with van der Waals surface area (Å²) in [6, 6.07) is 13.6. The molecule has 3 aromatic heterocycles. The van der Waals surface area contributed by atoms with Crippen molar-refractivity contribution >= 4 is 28.8 Å². The standard InChI is InChI=1S/C26H24N6O2/c33-25-20-6-4-17(14-18(20)15-29-25)23-9-8-21(24-27-10-13-32(23)24)30-19-5-7-22(28-16-19)26(34)31-11-2-1-3-12-31/h4-10,13-14,16,30H,1-3,11-12,15H2,(H,29,33). The van der Waals surface area contributed by atoms with E-state index in [-0.39, 0.29) is 11.8 Å². The first-order valence-corrected chi connectivity index (χ1v) is 11.6. The number of piperidine rings is 1. The summed E-state index contributed by atoms with van der Waals surface area (Å²) in [7, 11) is 0. The number of likely N-dealkylation sites (tertiary alicyclic amines) is 1. The van der Waals surface area contributed by atoms with E-state index in [4.69, 9.17) is 0 Å². The number of imidazole rings is 1. The maximum atomic E-state index is 12.7. The molecule has 2 aliphatic heterocycles. The van der Waals surface area contributed by atoms with Crippen LogP contribution in [0.4, 0.5) is 11.4 Å². The second-order valence-corrected chi connectivity index (χ2v) is 8.72. The van der Waals surface area contributed by atoms with Crippen LogP contribution < -0.4 is 10.6 Å². The van der Waals surface area contributed by atoms with Crippen LogP contribution in [-0.4, -0.2) is 44.2 Å². The normalized spacial score (nSPS) is 15.3. The number of amides is 2. The fraction of sp³-hybridized carbons (Fsp3) is 0.231. The number of fused-ring (bicyclic) bond motifs is 2. The summed E-state index contributed by atoms with van der Waals surface area (Å²) in [6.07, 6.45) is 8.68. The number of aromatic nitrogens is 3. The van der Waals surface area contributed by atoms with Crippen LogP contribution in [0.5, 0.6) is 0 Å². The molecule has 4 aromatic rings. The van der Waals surface area contributed by atoms with Gasteiger partial charge in [-0.05, 0) is 66.8 Å². The van der Waals surface area contributed by atoms with E-state index in [1.807, 2.05) is 45.8 Å². The topological polar surface area (TPSA) is 91.6 Å². The van der Waals surface area contributed by atoms with Crippen molar-refractivity contribution in [1.82, 2.24) is 24.6 Å². The lowest BCUT2D eigenvalue weighted by Crippen LogP contribution is -2.36. The number of hydrogen-bond donors (Lipinski definition) is 2. The Bertz CT molecular complexity index is 1400. The molecule has 8 nitrogen and oxygen atoms in total. The van der Waals surface area contributed by atoms with Gasteiger partial charge in [-0.3, -0.25) is 14.0 Å². The molecule has 1 aromatic carbocycles. The Balaban J connectivity index is 1.26. The molecular weight excluding hydrogens is 428 g/mol. The van der Waals surface area contributed by atoms with E-state index >= 15 is 0 Å². The second-order valence-electron chi connectivity index (χ2n) is 8.72. The third kappa shape index (κ3) is 3.57. The summed E-state index contributed by atoms with van der Waals surface area (Å²) in [5.74, 6) is -0.0244. The zero-order chi connectivity index (χ0) is 23.1. The van der Waals surface area contributed by atoms with Gasteiger partial charge in [0.25, 0.3) is 11.8 Å². The van der Waals surface area contributed by atoms with Crippen LogP contribution in [0.3, 0.4) is 0 Å². The van der Waals surface area contributed by atoms with Gasteiger partial charge in [-0.1, -0.05) is 6.07 Å². The SMILES string of the molecule is O=C1NCc2cc(-c3ccc(Nc4ccc(C(=O)N5CCCCC5)nc4)c4nccn34)ccc21. The molecule has 0 radical (unpaired) electrons. The van der Waals surface area contributed by atoms with Crippen molar-refractivity contribution < 1.29 is 9.59 Å². The van der Waals surface area contributed by atoms with Gasteiger partial charge in [-0.25, -0.2) is 9.97 Å². The van der Waals surface area contributed by atoms with Crippen molar-refractivity contribution in [3.63, 3.8) is 0 Å². The number of anilines is 2. The Hall–Kier alpha value is -4.20. The Morgan fingerprint density at radius 1 is 1.00 bits per heavy atom. The Labute approximate surface area is 196 Å². The molecule has 170 valence electrons. The smallest absolute Gasteiger partial charge is 0.272 e. The lowest BCUT2D eigenvalue weighted by molar-refractivity contribution is 0.0718. The van der Waals surface area contributed by atoms with Crippen molar-refractivity contribution in [2.75, 3.05) is 18.4 Å². The summed E-state index contributed by atoms with van der Waals surface area (Å²) in [6.45, 7) is 2.17.